The molecule has 2 aromatic rings. The minimum Gasteiger partial charge on any atom is -0.393 e. The zero-order valence-electron chi connectivity index (χ0n) is 6.65. The first-order chi connectivity index (χ1) is 6.25. The van der Waals surface area contributed by atoms with E-state index in [2.05, 4.69) is 14.7 Å². The fourth-order valence-corrected chi connectivity index (χ4v) is 1.11. The van der Waals surface area contributed by atoms with Crippen LogP contribution >= 0.6 is 0 Å². The van der Waals surface area contributed by atoms with Crippen molar-refractivity contribution in [1.82, 2.24) is 9.97 Å². The Balaban J connectivity index is 2.44. The highest BCUT2D eigenvalue weighted by Crippen LogP contribution is 2.18. The second kappa shape index (κ2) is 2.78. The molecule has 13 heavy (non-hydrogen) atoms. The van der Waals surface area contributed by atoms with Gasteiger partial charge in [0.05, 0.1) is 5.52 Å². The number of ether oxygens (including phenoxy) is 1. The van der Waals surface area contributed by atoms with Crippen LogP contribution in [0.1, 0.15) is 0 Å². The van der Waals surface area contributed by atoms with E-state index in [1.165, 1.54) is 0 Å². The third-order valence-electron chi connectivity index (χ3n) is 1.61. The number of nitrogens with one attached hydrogen (secondary N) is 1. The largest absolute Gasteiger partial charge is 0.411 e. The molecule has 0 aliphatic rings. The topological polar surface area (TPSA) is 81.0 Å². The summed E-state index contributed by atoms with van der Waals surface area (Å²) in [6.45, 7) is 0. The normalized spacial score (nSPS) is 10.2. The molecular weight excluding hydrogens is 170 g/mol. The van der Waals surface area contributed by atoms with Crippen molar-refractivity contribution in [2.24, 2.45) is 5.73 Å². The summed E-state index contributed by atoms with van der Waals surface area (Å²) in [5.41, 5.74) is 5.70. The van der Waals surface area contributed by atoms with Crippen molar-refractivity contribution in [3.63, 3.8) is 0 Å². The number of aromatic amines is 1. The third kappa shape index (κ3) is 1.44. The van der Waals surface area contributed by atoms with E-state index in [1.807, 2.05) is 0 Å². The van der Waals surface area contributed by atoms with Crippen LogP contribution in [0.5, 0.6) is 5.88 Å². The van der Waals surface area contributed by atoms with Gasteiger partial charge < -0.3 is 15.5 Å². The quantitative estimate of drug-likeness (QED) is 0.682. The number of carbonyl (C=O) groups excluding carboxylic acids is 1. The fourth-order valence-electron chi connectivity index (χ4n) is 1.11. The summed E-state index contributed by atoms with van der Waals surface area (Å²) < 4.78 is 4.65. The third-order valence-corrected chi connectivity index (χ3v) is 1.61. The Hall–Kier alpha value is -2.04. The van der Waals surface area contributed by atoms with Gasteiger partial charge >= 0.3 is 6.09 Å². The molecule has 0 aromatic carbocycles. The van der Waals surface area contributed by atoms with Gasteiger partial charge in [-0.15, -0.1) is 0 Å². The fraction of sp³-hybridized carbons (Fsp3) is 0. The molecule has 2 aromatic heterocycles. The first-order valence-electron chi connectivity index (χ1n) is 3.66. The molecule has 0 aliphatic heterocycles. The summed E-state index contributed by atoms with van der Waals surface area (Å²) in [4.78, 5) is 17.2. The SMILES string of the molecule is NC(=O)Oc1cc2cnccc2[nH]1. The van der Waals surface area contributed by atoms with Crippen LogP contribution < -0.4 is 10.5 Å². The van der Waals surface area contributed by atoms with Crippen molar-refractivity contribution in [1.29, 1.82) is 0 Å². The number of carbonyl (C=O) groups is 1. The number of primary amides is 1. The molecule has 2 heterocycles. The Bertz CT molecular complexity index is 416. The number of rotatable bonds is 1. The lowest BCUT2D eigenvalue weighted by Crippen LogP contribution is -2.16. The summed E-state index contributed by atoms with van der Waals surface area (Å²) in [5.74, 6) is 0.329. The lowest BCUT2D eigenvalue weighted by molar-refractivity contribution is 0.209. The van der Waals surface area contributed by atoms with Crippen LogP contribution in [0.15, 0.2) is 24.5 Å². The van der Waals surface area contributed by atoms with Gasteiger partial charge in [-0.2, -0.15) is 0 Å². The number of pyridine rings is 1. The summed E-state index contributed by atoms with van der Waals surface area (Å²) in [7, 11) is 0. The van der Waals surface area contributed by atoms with Crippen LogP contribution in [0.2, 0.25) is 0 Å². The molecule has 2 rings (SSSR count). The van der Waals surface area contributed by atoms with Gasteiger partial charge in [-0.05, 0) is 6.07 Å². The molecule has 3 N–H and O–H groups in total. The number of aromatic nitrogens is 2. The maximum Gasteiger partial charge on any atom is 0.411 e. The van der Waals surface area contributed by atoms with Crippen LogP contribution in [0.4, 0.5) is 4.79 Å². The molecule has 5 heteroatoms. The van der Waals surface area contributed by atoms with Gasteiger partial charge in [-0.25, -0.2) is 4.79 Å². The first-order valence-corrected chi connectivity index (χ1v) is 3.66. The maximum atomic E-state index is 10.4. The summed E-state index contributed by atoms with van der Waals surface area (Å²) in [5, 5.41) is 0.874. The van der Waals surface area contributed by atoms with E-state index in [0.29, 0.717) is 5.88 Å². The Morgan fingerprint density at radius 1 is 1.62 bits per heavy atom. The molecule has 66 valence electrons. The van der Waals surface area contributed by atoms with E-state index in [4.69, 9.17) is 5.73 Å². The lowest BCUT2D eigenvalue weighted by Gasteiger charge is -1.92. The number of fused-ring (bicyclic) bond motifs is 1. The zero-order valence-corrected chi connectivity index (χ0v) is 6.65. The summed E-state index contributed by atoms with van der Waals surface area (Å²) in [6, 6.07) is 3.44. The van der Waals surface area contributed by atoms with Crippen LogP contribution in [-0.2, 0) is 0 Å². The van der Waals surface area contributed by atoms with E-state index < -0.39 is 6.09 Å². The van der Waals surface area contributed by atoms with Crippen molar-refractivity contribution in [3.05, 3.63) is 24.5 Å². The highest BCUT2D eigenvalue weighted by molar-refractivity contribution is 5.81. The highest BCUT2D eigenvalue weighted by atomic mass is 16.6. The molecular formula is C8H7N3O2. The van der Waals surface area contributed by atoms with Crippen molar-refractivity contribution in [3.8, 4) is 5.88 Å². The van der Waals surface area contributed by atoms with Crippen LogP contribution in [0.25, 0.3) is 10.9 Å². The molecule has 5 nitrogen and oxygen atoms in total. The van der Waals surface area contributed by atoms with E-state index in [0.717, 1.165) is 10.9 Å². The first kappa shape index (κ1) is 7.60. The number of hydrogen-bond donors (Lipinski definition) is 2. The monoisotopic (exact) mass is 177 g/mol. The molecule has 1 amide bonds. The van der Waals surface area contributed by atoms with Gasteiger partial charge in [0.1, 0.15) is 0 Å². The molecule has 0 radical (unpaired) electrons. The average molecular weight is 177 g/mol. The van der Waals surface area contributed by atoms with Crippen molar-refractivity contribution in [2.75, 3.05) is 0 Å². The second-order valence-corrected chi connectivity index (χ2v) is 2.52. The molecule has 0 bridgehead atoms. The molecule has 0 aliphatic carbocycles. The molecule has 0 saturated carbocycles. The van der Waals surface area contributed by atoms with Crippen molar-refractivity contribution in [2.45, 2.75) is 0 Å². The minimum atomic E-state index is -0.834. The van der Waals surface area contributed by atoms with Gasteiger partial charge in [0.2, 0.25) is 5.88 Å². The van der Waals surface area contributed by atoms with Gasteiger partial charge in [0.15, 0.2) is 0 Å². The molecule has 0 fully saturated rings. The number of hydrogen-bond acceptors (Lipinski definition) is 3. The molecule has 0 spiro atoms. The van der Waals surface area contributed by atoms with E-state index in [1.54, 1.807) is 24.5 Å². The number of H-pyrrole nitrogens is 1. The van der Waals surface area contributed by atoms with Crippen LogP contribution in [0, 0.1) is 0 Å². The van der Waals surface area contributed by atoms with Gasteiger partial charge in [0.25, 0.3) is 0 Å². The van der Waals surface area contributed by atoms with E-state index in [-0.39, 0.29) is 0 Å². The van der Waals surface area contributed by atoms with Crippen molar-refractivity contribution < 1.29 is 9.53 Å². The van der Waals surface area contributed by atoms with Gasteiger partial charge in [-0.3, -0.25) is 4.98 Å². The highest BCUT2D eigenvalue weighted by Gasteiger charge is 2.02. The predicted molar refractivity (Wildman–Crippen MR) is 46.3 cm³/mol. The number of amides is 1. The van der Waals surface area contributed by atoms with E-state index >= 15 is 0 Å². The maximum absolute atomic E-state index is 10.4. The molecule has 0 unspecified atom stereocenters. The predicted octanol–water partition coefficient (Wildman–Crippen LogP) is 1.02. The van der Waals surface area contributed by atoms with Crippen LogP contribution in [0.3, 0.4) is 0 Å². The zero-order chi connectivity index (χ0) is 9.26. The lowest BCUT2D eigenvalue weighted by atomic mass is 10.3. The Morgan fingerprint density at radius 3 is 3.15 bits per heavy atom. The van der Waals surface area contributed by atoms with Gasteiger partial charge in [-0.1, -0.05) is 0 Å². The molecule has 0 saturated heterocycles. The number of nitrogens with two attached hydrogens (primary N) is 1. The minimum absolute atomic E-state index is 0.329. The molecule has 0 atom stereocenters. The average Bonchev–Trinajstić information content (AvgIpc) is 2.44. The smallest absolute Gasteiger partial charge is 0.393 e. The number of nitrogens with zero attached hydrogens (tertiary/aromatic N) is 1. The second-order valence-electron chi connectivity index (χ2n) is 2.52. The van der Waals surface area contributed by atoms with E-state index in [9.17, 15) is 4.79 Å². The Labute approximate surface area is 73.5 Å². The van der Waals surface area contributed by atoms with Gasteiger partial charge in [0, 0.05) is 23.8 Å². The Morgan fingerprint density at radius 2 is 2.46 bits per heavy atom. The van der Waals surface area contributed by atoms with Crippen LogP contribution in [-0.4, -0.2) is 16.1 Å². The summed E-state index contributed by atoms with van der Waals surface area (Å²) in [6.07, 6.45) is 2.48. The Kier molecular flexibility index (Phi) is 1.63. The standard InChI is InChI=1S/C8H7N3O2/c9-8(12)13-7-3-5-4-10-2-1-6(5)11-7/h1-4,11H,(H2,9,12). The van der Waals surface area contributed by atoms with Crippen molar-refractivity contribution >= 4 is 17.0 Å². The summed E-state index contributed by atoms with van der Waals surface area (Å²) >= 11 is 0.